The van der Waals surface area contributed by atoms with Crippen LogP contribution >= 0.6 is 0 Å². The molecule has 0 amide bonds. The van der Waals surface area contributed by atoms with Crippen LogP contribution in [-0.2, 0) is 11.2 Å². The molecule has 0 radical (unpaired) electrons. The molecule has 45 heavy (non-hydrogen) atoms. The number of aromatic hydroxyl groups is 1. The van der Waals surface area contributed by atoms with Gasteiger partial charge in [-0.1, -0.05) is 5.57 Å². The zero-order valence-electron chi connectivity index (χ0n) is 24.3. The van der Waals surface area contributed by atoms with E-state index < -0.39 is 53.5 Å². The van der Waals surface area contributed by atoms with Gasteiger partial charge in [-0.25, -0.2) is 4.98 Å². The predicted molar refractivity (Wildman–Crippen MR) is 157 cm³/mol. The molecular weight excluding hydrogens is 584 g/mol. The number of aromatic nitrogens is 1. The number of nitrogens with zero attached hydrogens (tertiary/aromatic N) is 1. The molecule has 2 spiro atoms. The molecule has 12 heteroatoms. The van der Waals surface area contributed by atoms with E-state index >= 15 is 0 Å². The third-order valence-corrected chi connectivity index (χ3v) is 10.1. The van der Waals surface area contributed by atoms with E-state index in [0.717, 1.165) is 0 Å². The topological polar surface area (TPSA) is 199 Å². The van der Waals surface area contributed by atoms with Gasteiger partial charge in [0.15, 0.2) is 5.78 Å². The van der Waals surface area contributed by atoms with Crippen molar-refractivity contribution in [2.24, 2.45) is 0 Å². The molecule has 5 heterocycles. The van der Waals surface area contributed by atoms with E-state index in [9.17, 15) is 40.2 Å². The lowest BCUT2D eigenvalue weighted by Crippen LogP contribution is -2.74. The smallest absolute Gasteiger partial charge is 0.240 e. The van der Waals surface area contributed by atoms with E-state index in [1.54, 1.807) is 19.1 Å². The molecule has 234 valence electrons. The molecule has 7 N–H and O–H groups in total. The van der Waals surface area contributed by atoms with Crippen LogP contribution in [0.2, 0.25) is 0 Å². The second-order valence-corrected chi connectivity index (χ2v) is 12.9. The van der Waals surface area contributed by atoms with Gasteiger partial charge in [-0.2, -0.15) is 0 Å². The van der Waals surface area contributed by atoms with Crippen molar-refractivity contribution in [2.75, 3.05) is 11.9 Å². The molecule has 9 rings (SSSR count). The summed E-state index contributed by atoms with van der Waals surface area (Å²) in [6, 6.07) is 4.56. The lowest BCUT2D eigenvalue weighted by molar-refractivity contribution is -0.374. The summed E-state index contributed by atoms with van der Waals surface area (Å²) in [5, 5.41) is 71.3. The number of pyridine rings is 1. The zero-order chi connectivity index (χ0) is 31.6. The van der Waals surface area contributed by atoms with E-state index in [0.29, 0.717) is 39.7 Å². The van der Waals surface area contributed by atoms with Crippen LogP contribution in [0.1, 0.15) is 68.7 Å². The highest BCUT2D eigenvalue weighted by Gasteiger charge is 2.65. The van der Waals surface area contributed by atoms with Crippen LogP contribution in [0, 0.1) is 6.92 Å². The third-order valence-electron chi connectivity index (χ3n) is 10.1. The maximum Gasteiger partial charge on any atom is 0.240 e. The van der Waals surface area contributed by atoms with Crippen LogP contribution in [0.3, 0.4) is 0 Å². The summed E-state index contributed by atoms with van der Waals surface area (Å²) in [4.78, 5) is 33.1. The van der Waals surface area contributed by atoms with Crippen molar-refractivity contribution in [3.63, 3.8) is 0 Å². The van der Waals surface area contributed by atoms with Gasteiger partial charge in [0.1, 0.15) is 41.2 Å². The molecule has 1 fully saturated rings. The fraction of sp³-hybridized carbons (Fsp3) is 0.424. The number of phenols is 1. The molecule has 4 aliphatic heterocycles. The largest absolute Gasteiger partial charge is 0.507 e. The minimum Gasteiger partial charge on any atom is -0.507 e. The Morgan fingerprint density at radius 2 is 1.80 bits per heavy atom. The molecule has 7 atom stereocenters. The van der Waals surface area contributed by atoms with Gasteiger partial charge in [0.2, 0.25) is 11.6 Å². The summed E-state index contributed by atoms with van der Waals surface area (Å²) >= 11 is 0. The lowest BCUT2D eigenvalue weighted by atomic mass is 9.72. The van der Waals surface area contributed by atoms with Gasteiger partial charge >= 0.3 is 0 Å². The molecule has 0 saturated carbocycles. The van der Waals surface area contributed by atoms with E-state index in [2.05, 4.69) is 10.3 Å². The van der Waals surface area contributed by atoms with Crippen LogP contribution in [0.4, 0.5) is 5.82 Å². The number of ketones is 2. The van der Waals surface area contributed by atoms with Gasteiger partial charge in [-0.15, -0.1) is 0 Å². The number of hydrogen-bond donors (Lipinski definition) is 7. The zero-order valence-corrected chi connectivity index (χ0v) is 24.3. The standard InChI is InChI=1S/C33H32N2O10/c1-13-8-18-22(19(37)9-13)26(40)24-23(25(18)39)16-5-7-34-31-21(16)17-4-6-33(44-28(17)24)30(43)27(41)29(42)32(45-33)11-14(2-3-20(32)38)10-15(36)12-35-31/h5,7-9,11,15,20,27,29-30,36-38,41-43H,2-4,6,10,12H2,1H3,(H,34,35)/t15-,20-,27+,29+,30-,32-,33-/m1/s1. The Kier molecular flexibility index (Phi) is 6.06. The SMILES string of the molecule is Cc1cc(O)c2c(c1)C(=O)c1c(c3c4c5c(nccc15)NC[C@H](O)CC1=C[C@@]5(O[C@@](CC4)(O3)[C@H](O)[C@@H](O)[C@@H]5O)[C@H](O)CC1)C2=O. The molecule has 0 unspecified atom stereocenters. The van der Waals surface area contributed by atoms with E-state index in [4.69, 9.17) is 9.47 Å². The highest BCUT2D eigenvalue weighted by Crippen LogP contribution is 2.53. The van der Waals surface area contributed by atoms with E-state index in [1.807, 2.05) is 0 Å². The molecule has 1 aromatic heterocycles. The first kappa shape index (κ1) is 28.6. The Hall–Kier alpha value is -3.91. The number of aliphatic hydroxyl groups excluding tert-OH is 5. The van der Waals surface area contributed by atoms with Crippen LogP contribution in [0.5, 0.6) is 11.5 Å². The number of anilines is 1. The Morgan fingerprint density at radius 1 is 1.00 bits per heavy atom. The van der Waals surface area contributed by atoms with Gasteiger partial charge in [0.05, 0.1) is 23.3 Å². The summed E-state index contributed by atoms with van der Waals surface area (Å²) in [5.74, 6) is -3.37. The number of phenolic OH excluding ortho intramolecular Hbond substituents is 1. The maximum atomic E-state index is 14.3. The molecule has 12 nitrogen and oxygen atoms in total. The maximum absolute atomic E-state index is 14.3. The fourth-order valence-corrected chi connectivity index (χ4v) is 7.96. The highest BCUT2D eigenvalue weighted by molar-refractivity contribution is 6.34. The second-order valence-electron chi connectivity index (χ2n) is 12.9. The normalized spacial score (nSPS) is 33.6. The first-order valence-electron chi connectivity index (χ1n) is 15.1. The fourth-order valence-electron chi connectivity index (χ4n) is 7.96. The van der Waals surface area contributed by atoms with Crippen LogP contribution in [0.25, 0.3) is 10.8 Å². The summed E-state index contributed by atoms with van der Waals surface area (Å²) in [7, 11) is 0. The molecule has 2 aromatic carbocycles. The third kappa shape index (κ3) is 3.78. The highest BCUT2D eigenvalue weighted by atomic mass is 16.7. The van der Waals surface area contributed by atoms with E-state index in [-0.39, 0.29) is 66.0 Å². The lowest BCUT2D eigenvalue weighted by Gasteiger charge is -2.57. The van der Waals surface area contributed by atoms with Crippen LogP contribution < -0.4 is 10.1 Å². The summed E-state index contributed by atoms with van der Waals surface area (Å²) < 4.78 is 13.0. The number of ether oxygens (including phenoxy) is 2. The number of nitrogens with one attached hydrogen (secondary N) is 1. The Morgan fingerprint density at radius 3 is 2.60 bits per heavy atom. The van der Waals surface area contributed by atoms with Crippen LogP contribution in [-0.4, -0.2) is 95.6 Å². The molecule has 6 bridgehead atoms. The number of hydrogen-bond acceptors (Lipinski definition) is 12. The van der Waals surface area contributed by atoms with Crippen molar-refractivity contribution >= 4 is 28.2 Å². The monoisotopic (exact) mass is 616 g/mol. The van der Waals surface area contributed by atoms with Crippen molar-refractivity contribution in [3.8, 4) is 11.5 Å². The minimum atomic E-state index is -2.06. The molecule has 6 aliphatic rings. The first-order valence-corrected chi connectivity index (χ1v) is 15.1. The average Bonchev–Trinajstić information content (AvgIpc) is 3.01. The van der Waals surface area contributed by atoms with Crippen LogP contribution in [0.15, 0.2) is 36.0 Å². The first-order chi connectivity index (χ1) is 21.5. The van der Waals surface area contributed by atoms with Gasteiger partial charge in [-0.05, 0) is 67.8 Å². The van der Waals surface area contributed by atoms with Gasteiger partial charge < -0.3 is 45.4 Å². The molecule has 2 aliphatic carbocycles. The van der Waals surface area contributed by atoms with Crippen molar-refractivity contribution in [3.05, 3.63) is 69.4 Å². The number of carbonyl (C=O) groups is 2. The molecule has 1 saturated heterocycles. The van der Waals surface area contributed by atoms with E-state index in [1.165, 1.54) is 18.3 Å². The number of aryl methyl sites for hydroxylation is 2. The summed E-state index contributed by atoms with van der Waals surface area (Å²) in [6.45, 7) is 1.76. The summed E-state index contributed by atoms with van der Waals surface area (Å²) in [6.07, 6.45) is -3.89. The molecule has 3 aromatic rings. The summed E-state index contributed by atoms with van der Waals surface area (Å²) in [5.41, 5.74) is -0.458. The quantitative estimate of drug-likeness (QED) is 0.139. The van der Waals surface area contributed by atoms with Crippen molar-refractivity contribution < 1.29 is 49.7 Å². The Labute approximate surface area is 256 Å². The average molecular weight is 617 g/mol. The number of fused-ring (bicyclic) bond motifs is 7. The Bertz CT molecular complexity index is 1870. The van der Waals surface area contributed by atoms with Crippen molar-refractivity contribution in [2.45, 2.75) is 80.9 Å². The number of aliphatic hydroxyl groups is 5. The van der Waals surface area contributed by atoms with Gasteiger partial charge in [-0.3, -0.25) is 9.59 Å². The van der Waals surface area contributed by atoms with Gasteiger partial charge in [0.25, 0.3) is 0 Å². The number of benzene rings is 2. The van der Waals surface area contributed by atoms with Crippen molar-refractivity contribution in [1.82, 2.24) is 4.98 Å². The minimum absolute atomic E-state index is 0.0156. The number of rotatable bonds is 0. The molecular formula is C33H32N2O10. The van der Waals surface area contributed by atoms with Gasteiger partial charge in [0, 0.05) is 41.2 Å². The second kappa shape index (κ2) is 9.55. The Balaban J connectivity index is 1.44. The predicted octanol–water partition coefficient (Wildman–Crippen LogP) is 1.15. The number of carbonyl (C=O) groups excluding carboxylic acids is 2. The van der Waals surface area contributed by atoms with Crippen molar-refractivity contribution in [1.29, 1.82) is 0 Å².